The van der Waals surface area contributed by atoms with Gasteiger partial charge in [-0.1, -0.05) is 23.8 Å². The first-order valence-corrected chi connectivity index (χ1v) is 5.09. The Hall–Kier alpha value is -1.88. The standard InChI is InChI=1S/C11H10ClNO4/c1-17-11(14)4-2-3-8-7-9(12)5-6-10(8)13(15)16/h2-3,5-7H,4H2,1H3/b3-2+. The Labute approximate surface area is 103 Å². The number of carbonyl (C=O) groups excluding carboxylic acids is 1. The molecule has 1 aromatic rings. The van der Waals surface area contributed by atoms with Gasteiger partial charge in [-0.25, -0.2) is 0 Å². The van der Waals surface area contributed by atoms with Crippen LogP contribution in [0.2, 0.25) is 5.02 Å². The molecule has 0 bridgehead atoms. The van der Waals surface area contributed by atoms with Crippen LogP contribution in [0.15, 0.2) is 24.3 Å². The quantitative estimate of drug-likeness (QED) is 0.471. The van der Waals surface area contributed by atoms with Crippen molar-refractivity contribution >= 4 is 29.3 Å². The third kappa shape index (κ3) is 3.88. The maximum Gasteiger partial charge on any atom is 0.309 e. The van der Waals surface area contributed by atoms with Crippen molar-refractivity contribution in [1.29, 1.82) is 0 Å². The minimum Gasteiger partial charge on any atom is -0.469 e. The number of nitro benzene ring substituents is 1. The highest BCUT2D eigenvalue weighted by Gasteiger charge is 2.11. The number of rotatable bonds is 4. The van der Waals surface area contributed by atoms with Gasteiger partial charge in [0.05, 0.1) is 24.0 Å². The van der Waals surface area contributed by atoms with E-state index < -0.39 is 10.9 Å². The lowest BCUT2D eigenvalue weighted by molar-refractivity contribution is -0.385. The second-order valence-electron chi connectivity index (χ2n) is 3.14. The molecule has 0 unspecified atom stereocenters. The Bertz CT molecular complexity index is 471. The molecule has 17 heavy (non-hydrogen) atoms. The van der Waals surface area contributed by atoms with Crippen molar-refractivity contribution in [1.82, 2.24) is 0 Å². The normalized spacial score (nSPS) is 10.5. The molecule has 0 radical (unpaired) electrons. The van der Waals surface area contributed by atoms with E-state index in [4.69, 9.17) is 11.6 Å². The summed E-state index contributed by atoms with van der Waals surface area (Å²) < 4.78 is 4.44. The molecule has 6 heteroatoms. The fourth-order valence-corrected chi connectivity index (χ4v) is 1.37. The van der Waals surface area contributed by atoms with Crippen LogP contribution in [0.5, 0.6) is 0 Å². The van der Waals surface area contributed by atoms with Gasteiger partial charge in [0.25, 0.3) is 5.69 Å². The van der Waals surface area contributed by atoms with Gasteiger partial charge in [-0.3, -0.25) is 14.9 Å². The number of hydrogen-bond acceptors (Lipinski definition) is 4. The van der Waals surface area contributed by atoms with Crippen molar-refractivity contribution in [2.45, 2.75) is 6.42 Å². The van der Waals surface area contributed by atoms with Crippen LogP contribution in [0.1, 0.15) is 12.0 Å². The highest BCUT2D eigenvalue weighted by molar-refractivity contribution is 6.30. The molecule has 0 saturated carbocycles. The van der Waals surface area contributed by atoms with Gasteiger partial charge in [0.15, 0.2) is 0 Å². The van der Waals surface area contributed by atoms with Gasteiger partial charge in [-0.15, -0.1) is 0 Å². The largest absolute Gasteiger partial charge is 0.469 e. The zero-order chi connectivity index (χ0) is 12.8. The van der Waals surface area contributed by atoms with Crippen LogP contribution in [0, 0.1) is 10.1 Å². The van der Waals surface area contributed by atoms with Crippen LogP contribution in [0.25, 0.3) is 6.08 Å². The molecule has 0 aromatic heterocycles. The number of carbonyl (C=O) groups is 1. The molecule has 0 amide bonds. The molecule has 0 fully saturated rings. The van der Waals surface area contributed by atoms with E-state index in [1.54, 1.807) is 0 Å². The van der Waals surface area contributed by atoms with Crippen LogP contribution in [-0.2, 0) is 9.53 Å². The first kappa shape index (κ1) is 13.2. The zero-order valence-corrected chi connectivity index (χ0v) is 9.81. The predicted octanol–water partition coefficient (Wildman–Crippen LogP) is 2.82. The molecule has 0 atom stereocenters. The molecule has 0 aliphatic rings. The Kier molecular flexibility index (Phi) is 4.66. The molecular formula is C11H10ClNO4. The summed E-state index contributed by atoms with van der Waals surface area (Å²) in [5.41, 5.74) is 0.293. The van der Waals surface area contributed by atoms with E-state index in [0.29, 0.717) is 10.6 Å². The van der Waals surface area contributed by atoms with Crippen molar-refractivity contribution in [3.8, 4) is 0 Å². The van der Waals surface area contributed by atoms with Crippen molar-refractivity contribution in [3.63, 3.8) is 0 Å². The average molecular weight is 256 g/mol. The van der Waals surface area contributed by atoms with Gasteiger partial charge in [0.1, 0.15) is 0 Å². The minimum atomic E-state index is -0.506. The van der Waals surface area contributed by atoms with Crippen LogP contribution in [-0.4, -0.2) is 18.0 Å². The van der Waals surface area contributed by atoms with Crippen LogP contribution in [0.3, 0.4) is 0 Å². The maximum absolute atomic E-state index is 10.9. The maximum atomic E-state index is 10.9. The third-order valence-electron chi connectivity index (χ3n) is 2.00. The summed E-state index contributed by atoms with van der Waals surface area (Å²) in [6, 6.07) is 4.23. The SMILES string of the molecule is COC(=O)C/C=C/c1cc(Cl)ccc1[N+](=O)[O-]. The lowest BCUT2D eigenvalue weighted by Gasteiger charge is -1.98. The fourth-order valence-electron chi connectivity index (χ4n) is 1.19. The number of ether oxygens (including phenoxy) is 1. The molecule has 0 aliphatic carbocycles. The van der Waals surface area contributed by atoms with Crippen LogP contribution < -0.4 is 0 Å². The summed E-state index contributed by atoms with van der Waals surface area (Å²) in [4.78, 5) is 21.1. The number of nitro groups is 1. The zero-order valence-electron chi connectivity index (χ0n) is 9.05. The molecule has 0 heterocycles. The summed E-state index contributed by atoms with van der Waals surface area (Å²) in [5.74, 6) is -0.411. The average Bonchev–Trinajstić information content (AvgIpc) is 2.28. The van der Waals surface area contributed by atoms with Gasteiger partial charge < -0.3 is 4.74 Å². The van der Waals surface area contributed by atoms with Gasteiger partial charge in [0.2, 0.25) is 0 Å². The van der Waals surface area contributed by atoms with Crippen molar-refractivity contribution in [3.05, 3.63) is 45.0 Å². The van der Waals surface area contributed by atoms with E-state index in [1.807, 2.05) is 0 Å². The predicted molar refractivity (Wildman–Crippen MR) is 63.8 cm³/mol. The minimum absolute atomic E-state index is 0.0557. The van der Waals surface area contributed by atoms with Gasteiger partial charge in [0, 0.05) is 11.1 Å². The Balaban J connectivity index is 2.92. The summed E-state index contributed by atoms with van der Waals surface area (Å²) in [7, 11) is 1.28. The molecule has 1 rings (SSSR count). The Morgan fingerprint density at radius 3 is 2.88 bits per heavy atom. The number of halogens is 1. The number of benzene rings is 1. The summed E-state index contributed by atoms with van der Waals surface area (Å²) in [5, 5.41) is 11.1. The lowest BCUT2D eigenvalue weighted by Crippen LogP contribution is -1.97. The molecule has 1 aromatic carbocycles. The highest BCUT2D eigenvalue weighted by atomic mass is 35.5. The van der Waals surface area contributed by atoms with Gasteiger partial charge in [-0.2, -0.15) is 0 Å². The molecular weight excluding hydrogens is 246 g/mol. The molecule has 5 nitrogen and oxygen atoms in total. The Morgan fingerprint density at radius 2 is 2.29 bits per heavy atom. The number of nitrogens with zero attached hydrogens (tertiary/aromatic N) is 1. The Morgan fingerprint density at radius 1 is 1.59 bits per heavy atom. The van der Waals surface area contributed by atoms with Crippen molar-refractivity contribution in [2.75, 3.05) is 7.11 Å². The van der Waals surface area contributed by atoms with Crippen molar-refractivity contribution < 1.29 is 14.5 Å². The summed E-state index contributed by atoms with van der Waals surface area (Å²) >= 11 is 5.74. The van der Waals surface area contributed by atoms with Crippen LogP contribution in [0.4, 0.5) is 5.69 Å². The van der Waals surface area contributed by atoms with E-state index in [2.05, 4.69) is 4.74 Å². The molecule has 0 saturated heterocycles. The second-order valence-corrected chi connectivity index (χ2v) is 3.58. The van der Waals surface area contributed by atoms with E-state index in [1.165, 1.54) is 37.5 Å². The lowest BCUT2D eigenvalue weighted by atomic mass is 10.1. The first-order valence-electron chi connectivity index (χ1n) is 4.72. The topological polar surface area (TPSA) is 69.4 Å². The first-order chi connectivity index (χ1) is 8.04. The van der Waals surface area contributed by atoms with E-state index in [0.717, 1.165) is 0 Å². The summed E-state index contributed by atoms with van der Waals surface area (Å²) in [6.45, 7) is 0. The molecule has 0 spiro atoms. The van der Waals surface area contributed by atoms with E-state index in [9.17, 15) is 14.9 Å². The smallest absolute Gasteiger partial charge is 0.309 e. The van der Waals surface area contributed by atoms with Crippen LogP contribution >= 0.6 is 11.6 Å². The van der Waals surface area contributed by atoms with E-state index in [-0.39, 0.29) is 12.1 Å². The fraction of sp³-hybridized carbons (Fsp3) is 0.182. The summed E-state index contributed by atoms with van der Waals surface area (Å²) in [6.07, 6.45) is 3.02. The van der Waals surface area contributed by atoms with Gasteiger partial charge in [-0.05, 0) is 12.1 Å². The highest BCUT2D eigenvalue weighted by Crippen LogP contribution is 2.23. The van der Waals surface area contributed by atoms with E-state index >= 15 is 0 Å². The molecule has 0 N–H and O–H groups in total. The van der Waals surface area contributed by atoms with Gasteiger partial charge >= 0.3 is 5.97 Å². The monoisotopic (exact) mass is 255 g/mol. The third-order valence-corrected chi connectivity index (χ3v) is 2.23. The number of esters is 1. The molecule has 0 aliphatic heterocycles. The molecule has 90 valence electrons. The van der Waals surface area contributed by atoms with Crippen molar-refractivity contribution in [2.24, 2.45) is 0 Å². The number of hydrogen-bond donors (Lipinski definition) is 0. The second kappa shape index (κ2) is 6.00. The number of methoxy groups -OCH3 is 1.